The van der Waals surface area contributed by atoms with E-state index in [-0.39, 0.29) is 29.4 Å². The van der Waals surface area contributed by atoms with Gasteiger partial charge in [-0.05, 0) is 35.9 Å². The molecule has 0 heterocycles. The van der Waals surface area contributed by atoms with Crippen LogP contribution in [-0.2, 0) is 26.2 Å². The molecule has 2 aromatic carbocycles. The summed E-state index contributed by atoms with van der Waals surface area (Å²) in [5.41, 5.74) is -0.803. The Hall–Kier alpha value is -2.39. The Morgan fingerprint density at radius 2 is 1.63 bits per heavy atom. The van der Waals surface area contributed by atoms with Gasteiger partial charge >= 0.3 is 6.18 Å². The molecule has 0 bridgehead atoms. The molecule has 0 aromatic heterocycles. The van der Waals surface area contributed by atoms with E-state index in [0.717, 1.165) is 12.1 Å². The molecule has 2 aromatic rings. The standard InChI is InChI=1S/C21H24F3NO4S/c1-20(2,16-5-4-6-17(13-16)21(22,23)24)14-25-19(26)15-7-9-18(10-8-15)30(27,28)12-11-29-3/h4-10,13H,11-12,14H2,1-3H3,(H,25,26). The van der Waals surface area contributed by atoms with E-state index in [4.69, 9.17) is 4.74 Å². The topological polar surface area (TPSA) is 72.5 Å². The third kappa shape index (κ3) is 6.06. The maximum atomic E-state index is 13.0. The number of methoxy groups -OCH3 is 1. The summed E-state index contributed by atoms with van der Waals surface area (Å²) in [7, 11) is -2.09. The monoisotopic (exact) mass is 443 g/mol. The van der Waals surface area contributed by atoms with E-state index < -0.39 is 32.9 Å². The van der Waals surface area contributed by atoms with Crippen molar-refractivity contribution in [3.63, 3.8) is 0 Å². The first-order valence-electron chi connectivity index (χ1n) is 9.14. The van der Waals surface area contributed by atoms with Crippen LogP contribution in [0.25, 0.3) is 0 Å². The van der Waals surface area contributed by atoms with Gasteiger partial charge in [-0.3, -0.25) is 4.79 Å². The summed E-state index contributed by atoms with van der Waals surface area (Å²) in [5, 5.41) is 2.70. The third-order valence-electron chi connectivity index (χ3n) is 4.69. The van der Waals surface area contributed by atoms with Crippen molar-refractivity contribution < 1.29 is 31.1 Å². The minimum atomic E-state index is -4.44. The van der Waals surface area contributed by atoms with Gasteiger partial charge in [0.2, 0.25) is 0 Å². The van der Waals surface area contributed by atoms with Crippen molar-refractivity contribution in [1.29, 1.82) is 0 Å². The summed E-state index contributed by atoms with van der Waals surface area (Å²) in [6, 6.07) is 10.5. The van der Waals surface area contributed by atoms with Gasteiger partial charge in [0.1, 0.15) is 0 Å². The molecule has 0 radical (unpaired) electrons. The smallest absolute Gasteiger partial charge is 0.384 e. The molecule has 5 nitrogen and oxygen atoms in total. The van der Waals surface area contributed by atoms with Crippen LogP contribution in [0.4, 0.5) is 13.2 Å². The molecule has 1 N–H and O–H groups in total. The Kier molecular flexibility index (Phi) is 7.31. The average Bonchev–Trinajstić information content (AvgIpc) is 2.70. The normalized spacial score (nSPS) is 12.6. The summed E-state index contributed by atoms with van der Waals surface area (Å²) in [6.07, 6.45) is -4.44. The Morgan fingerprint density at radius 3 is 2.20 bits per heavy atom. The van der Waals surface area contributed by atoms with Crippen LogP contribution in [0.3, 0.4) is 0 Å². The minimum absolute atomic E-state index is 0.0647. The van der Waals surface area contributed by atoms with E-state index in [9.17, 15) is 26.4 Å². The van der Waals surface area contributed by atoms with Gasteiger partial charge in [0.05, 0.1) is 22.8 Å². The SMILES string of the molecule is COCCS(=O)(=O)c1ccc(C(=O)NCC(C)(C)c2cccc(C(F)(F)F)c2)cc1. The van der Waals surface area contributed by atoms with Crippen molar-refractivity contribution >= 4 is 15.7 Å². The largest absolute Gasteiger partial charge is 0.416 e. The third-order valence-corrected chi connectivity index (χ3v) is 6.39. The quantitative estimate of drug-likeness (QED) is 0.673. The van der Waals surface area contributed by atoms with Gasteiger partial charge < -0.3 is 10.1 Å². The molecule has 0 atom stereocenters. The molecule has 164 valence electrons. The second kappa shape index (κ2) is 9.18. The summed E-state index contributed by atoms with van der Waals surface area (Å²) in [6.45, 7) is 3.62. The Morgan fingerprint density at radius 1 is 1.03 bits per heavy atom. The molecule has 0 fully saturated rings. The lowest BCUT2D eigenvalue weighted by Crippen LogP contribution is -2.36. The Balaban J connectivity index is 2.08. The predicted octanol–water partition coefficient (Wildman–Crippen LogP) is 3.83. The highest BCUT2D eigenvalue weighted by Crippen LogP contribution is 2.32. The fourth-order valence-electron chi connectivity index (χ4n) is 2.75. The first kappa shape index (κ1) is 23.9. The van der Waals surface area contributed by atoms with Gasteiger partial charge in [0.15, 0.2) is 9.84 Å². The first-order chi connectivity index (χ1) is 13.9. The van der Waals surface area contributed by atoms with Gasteiger partial charge in [-0.2, -0.15) is 13.2 Å². The van der Waals surface area contributed by atoms with Gasteiger partial charge in [-0.15, -0.1) is 0 Å². The molecule has 0 saturated carbocycles. The van der Waals surface area contributed by atoms with Crippen LogP contribution < -0.4 is 5.32 Å². The summed E-state index contributed by atoms with van der Waals surface area (Å²) < 4.78 is 67.9. The number of carbonyl (C=O) groups is 1. The van der Waals surface area contributed by atoms with E-state index in [1.165, 1.54) is 37.4 Å². The number of alkyl halides is 3. The van der Waals surface area contributed by atoms with E-state index in [1.807, 2.05) is 0 Å². The van der Waals surface area contributed by atoms with Crippen molar-refractivity contribution in [2.75, 3.05) is 26.0 Å². The molecule has 0 aliphatic rings. The van der Waals surface area contributed by atoms with Crippen LogP contribution in [0.15, 0.2) is 53.4 Å². The lowest BCUT2D eigenvalue weighted by atomic mass is 9.83. The number of benzene rings is 2. The summed E-state index contributed by atoms with van der Waals surface area (Å²) in [4.78, 5) is 12.5. The zero-order chi connectivity index (χ0) is 22.6. The Labute approximate surface area is 174 Å². The van der Waals surface area contributed by atoms with Crippen molar-refractivity contribution in [2.45, 2.75) is 30.3 Å². The highest BCUT2D eigenvalue weighted by molar-refractivity contribution is 7.91. The van der Waals surface area contributed by atoms with Gasteiger partial charge in [0, 0.05) is 24.6 Å². The van der Waals surface area contributed by atoms with Gasteiger partial charge in [0.25, 0.3) is 5.91 Å². The summed E-state index contributed by atoms with van der Waals surface area (Å²) >= 11 is 0. The number of rotatable bonds is 8. The van der Waals surface area contributed by atoms with E-state index in [1.54, 1.807) is 19.9 Å². The van der Waals surface area contributed by atoms with Crippen molar-refractivity contribution in [3.05, 3.63) is 65.2 Å². The predicted molar refractivity (Wildman–Crippen MR) is 107 cm³/mol. The molecular weight excluding hydrogens is 419 g/mol. The highest BCUT2D eigenvalue weighted by atomic mass is 32.2. The number of amides is 1. The number of carbonyl (C=O) groups excluding carboxylic acids is 1. The maximum Gasteiger partial charge on any atom is 0.416 e. The molecule has 0 saturated heterocycles. The van der Waals surface area contributed by atoms with Crippen molar-refractivity contribution in [1.82, 2.24) is 5.32 Å². The number of halogens is 3. The van der Waals surface area contributed by atoms with Crippen LogP contribution in [0.1, 0.15) is 35.3 Å². The average molecular weight is 443 g/mol. The summed E-state index contributed by atoms with van der Waals surface area (Å²) in [5.74, 6) is -0.615. The maximum absolute atomic E-state index is 13.0. The fourth-order valence-corrected chi connectivity index (χ4v) is 3.92. The van der Waals surface area contributed by atoms with Crippen molar-refractivity contribution in [2.24, 2.45) is 0 Å². The van der Waals surface area contributed by atoms with E-state index in [0.29, 0.717) is 5.56 Å². The second-order valence-electron chi connectivity index (χ2n) is 7.48. The lowest BCUT2D eigenvalue weighted by Gasteiger charge is -2.26. The highest BCUT2D eigenvalue weighted by Gasteiger charge is 2.32. The number of ether oxygens (including phenoxy) is 1. The van der Waals surface area contributed by atoms with E-state index >= 15 is 0 Å². The van der Waals surface area contributed by atoms with Crippen LogP contribution >= 0.6 is 0 Å². The van der Waals surface area contributed by atoms with Crippen LogP contribution in [0.5, 0.6) is 0 Å². The molecular formula is C21H24F3NO4S. The molecule has 1 amide bonds. The number of hydrogen-bond acceptors (Lipinski definition) is 4. The van der Waals surface area contributed by atoms with Gasteiger partial charge in [-0.25, -0.2) is 8.42 Å². The molecule has 2 rings (SSSR count). The van der Waals surface area contributed by atoms with Gasteiger partial charge in [-0.1, -0.05) is 32.0 Å². The van der Waals surface area contributed by atoms with Crippen LogP contribution in [-0.4, -0.2) is 40.3 Å². The van der Waals surface area contributed by atoms with E-state index in [2.05, 4.69) is 5.32 Å². The fraction of sp³-hybridized carbons (Fsp3) is 0.381. The number of nitrogens with one attached hydrogen (secondary N) is 1. The molecule has 0 aliphatic carbocycles. The van der Waals surface area contributed by atoms with Crippen molar-refractivity contribution in [3.8, 4) is 0 Å². The molecule has 0 spiro atoms. The molecule has 30 heavy (non-hydrogen) atoms. The van der Waals surface area contributed by atoms with Crippen LogP contribution in [0.2, 0.25) is 0 Å². The minimum Gasteiger partial charge on any atom is -0.384 e. The molecule has 0 aliphatic heterocycles. The zero-order valence-corrected chi connectivity index (χ0v) is 17.7. The number of sulfone groups is 1. The molecule has 9 heteroatoms. The second-order valence-corrected chi connectivity index (χ2v) is 9.59. The Bertz CT molecular complexity index is 984. The molecule has 0 unspecified atom stereocenters. The van der Waals surface area contributed by atoms with Crippen LogP contribution in [0, 0.1) is 0 Å². The number of hydrogen-bond donors (Lipinski definition) is 1. The zero-order valence-electron chi connectivity index (χ0n) is 16.9. The first-order valence-corrected chi connectivity index (χ1v) is 10.8. The lowest BCUT2D eigenvalue weighted by molar-refractivity contribution is -0.137.